The van der Waals surface area contributed by atoms with Gasteiger partial charge in [0.25, 0.3) is 5.89 Å². The van der Waals surface area contributed by atoms with Gasteiger partial charge in [0.05, 0.1) is 5.56 Å². The third-order valence-corrected chi connectivity index (χ3v) is 3.88. The van der Waals surface area contributed by atoms with E-state index in [1.165, 1.54) is 0 Å². The van der Waals surface area contributed by atoms with E-state index in [4.69, 9.17) is 4.52 Å². The molecule has 0 saturated heterocycles. The second-order valence-corrected chi connectivity index (χ2v) is 5.83. The predicted octanol–water partition coefficient (Wildman–Crippen LogP) is 3.73. The number of nitrogens with zero attached hydrogens (tertiary/aromatic N) is 4. The van der Waals surface area contributed by atoms with Crippen LogP contribution in [0.1, 0.15) is 17.0 Å². The van der Waals surface area contributed by atoms with Gasteiger partial charge in [0.2, 0.25) is 0 Å². The third kappa shape index (κ3) is 3.92. The Kier molecular flexibility index (Phi) is 4.64. The van der Waals surface area contributed by atoms with Crippen molar-refractivity contribution in [2.45, 2.75) is 13.0 Å². The lowest BCUT2D eigenvalue weighted by atomic mass is 10.1. The Morgan fingerprint density at radius 1 is 0.885 bits per heavy atom. The summed E-state index contributed by atoms with van der Waals surface area (Å²) in [5.41, 5.74) is 3.04. The van der Waals surface area contributed by atoms with E-state index >= 15 is 0 Å². The van der Waals surface area contributed by atoms with Crippen LogP contribution in [0.3, 0.4) is 0 Å². The summed E-state index contributed by atoms with van der Waals surface area (Å²) in [6.07, 6.45) is 5.95. The fraction of sp³-hybridized carbons (Fsp3) is 0.100. The van der Waals surface area contributed by atoms with Crippen LogP contribution in [-0.2, 0) is 13.0 Å². The minimum atomic E-state index is 0.474. The molecule has 0 spiro atoms. The molecule has 3 heterocycles. The average molecular weight is 343 g/mol. The van der Waals surface area contributed by atoms with E-state index in [0.717, 1.165) is 22.5 Å². The standard InChI is InChI=1S/C20H17N5O/c1-2-5-15(6-3-1)11-19-24-20(26-25-19)17-8-9-18(23-14-17)22-13-16-7-4-10-21-12-16/h1-10,12,14H,11,13H2,(H,22,23). The van der Waals surface area contributed by atoms with Gasteiger partial charge < -0.3 is 9.84 Å². The zero-order chi connectivity index (χ0) is 17.6. The first-order chi connectivity index (χ1) is 12.9. The molecule has 26 heavy (non-hydrogen) atoms. The van der Waals surface area contributed by atoms with E-state index in [1.54, 1.807) is 12.4 Å². The first-order valence-corrected chi connectivity index (χ1v) is 8.32. The van der Waals surface area contributed by atoms with E-state index in [0.29, 0.717) is 24.7 Å². The summed E-state index contributed by atoms with van der Waals surface area (Å²) >= 11 is 0. The lowest BCUT2D eigenvalue weighted by Crippen LogP contribution is -2.01. The van der Waals surface area contributed by atoms with Crippen molar-refractivity contribution in [2.75, 3.05) is 5.32 Å². The number of pyridine rings is 2. The minimum absolute atomic E-state index is 0.474. The van der Waals surface area contributed by atoms with Crippen molar-refractivity contribution in [3.63, 3.8) is 0 Å². The summed E-state index contributed by atoms with van der Waals surface area (Å²) in [4.78, 5) is 13.0. The summed E-state index contributed by atoms with van der Waals surface area (Å²) in [6.45, 7) is 0.669. The second kappa shape index (κ2) is 7.57. The summed E-state index contributed by atoms with van der Waals surface area (Å²) in [5, 5.41) is 7.31. The molecule has 0 radical (unpaired) electrons. The summed E-state index contributed by atoms with van der Waals surface area (Å²) in [7, 11) is 0. The van der Waals surface area contributed by atoms with Crippen molar-refractivity contribution in [3.05, 3.63) is 90.1 Å². The van der Waals surface area contributed by atoms with Crippen LogP contribution in [0.5, 0.6) is 0 Å². The molecule has 0 aliphatic heterocycles. The average Bonchev–Trinajstić information content (AvgIpc) is 3.17. The number of aromatic nitrogens is 4. The number of benzene rings is 1. The normalized spacial score (nSPS) is 10.6. The monoisotopic (exact) mass is 343 g/mol. The van der Waals surface area contributed by atoms with Crippen molar-refractivity contribution in [1.29, 1.82) is 0 Å². The van der Waals surface area contributed by atoms with Gasteiger partial charge >= 0.3 is 0 Å². The summed E-state index contributed by atoms with van der Waals surface area (Å²) in [6, 6.07) is 17.8. The van der Waals surface area contributed by atoms with Crippen molar-refractivity contribution >= 4 is 5.82 Å². The molecule has 0 aliphatic rings. The second-order valence-electron chi connectivity index (χ2n) is 5.83. The van der Waals surface area contributed by atoms with Gasteiger partial charge in [-0.15, -0.1) is 0 Å². The highest BCUT2D eigenvalue weighted by Gasteiger charge is 2.10. The zero-order valence-electron chi connectivity index (χ0n) is 14.0. The SMILES string of the molecule is c1ccc(Cc2noc(-c3ccc(NCc4cccnc4)nc3)n2)cc1. The van der Waals surface area contributed by atoms with Crippen LogP contribution in [0, 0.1) is 0 Å². The largest absolute Gasteiger partial charge is 0.366 e. The van der Waals surface area contributed by atoms with Crippen LogP contribution < -0.4 is 5.32 Å². The number of anilines is 1. The van der Waals surface area contributed by atoms with Crippen molar-refractivity contribution in [1.82, 2.24) is 20.1 Å². The summed E-state index contributed by atoms with van der Waals surface area (Å²) in [5.74, 6) is 1.91. The van der Waals surface area contributed by atoms with Crippen LogP contribution >= 0.6 is 0 Å². The van der Waals surface area contributed by atoms with Gasteiger partial charge in [-0.25, -0.2) is 4.98 Å². The Hall–Kier alpha value is -3.54. The molecule has 0 atom stereocenters. The maximum atomic E-state index is 5.36. The molecule has 4 rings (SSSR count). The highest BCUT2D eigenvalue weighted by Crippen LogP contribution is 2.19. The maximum absolute atomic E-state index is 5.36. The Morgan fingerprint density at radius 3 is 2.54 bits per heavy atom. The Morgan fingerprint density at radius 2 is 1.77 bits per heavy atom. The molecule has 0 saturated carbocycles. The van der Waals surface area contributed by atoms with Crippen LogP contribution in [0.25, 0.3) is 11.5 Å². The quantitative estimate of drug-likeness (QED) is 0.575. The van der Waals surface area contributed by atoms with Crippen molar-refractivity contribution in [3.8, 4) is 11.5 Å². The van der Waals surface area contributed by atoms with Crippen LogP contribution in [0.4, 0.5) is 5.82 Å². The van der Waals surface area contributed by atoms with Gasteiger partial charge in [0, 0.05) is 31.6 Å². The highest BCUT2D eigenvalue weighted by atomic mass is 16.5. The molecule has 0 unspecified atom stereocenters. The first kappa shape index (κ1) is 16.0. The molecule has 3 aromatic heterocycles. The topological polar surface area (TPSA) is 76.7 Å². The molecule has 0 aliphatic carbocycles. The van der Waals surface area contributed by atoms with Gasteiger partial charge in [-0.05, 0) is 29.3 Å². The molecular weight excluding hydrogens is 326 g/mol. The van der Waals surface area contributed by atoms with E-state index < -0.39 is 0 Å². The van der Waals surface area contributed by atoms with Crippen molar-refractivity contribution in [2.24, 2.45) is 0 Å². The molecule has 1 N–H and O–H groups in total. The zero-order valence-corrected chi connectivity index (χ0v) is 14.0. The maximum Gasteiger partial charge on any atom is 0.259 e. The van der Waals surface area contributed by atoms with E-state index in [1.807, 2.05) is 60.8 Å². The van der Waals surface area contributed by atoms with Gasteiger partial charge in [-0.1, -0.05) is 41.6 Å². The lowest BCUT2D eigenvalue weighted by molar-refractivity contribution is 0.424. The highest BCUT2D eigenvalue weighted by molar-refractivity contribution is 5.54. The molecule has 128 valence electrons. The Bertz CT molecular complexity index is 952. The number of hydrogen-bond donors (Lipinski definition) is 1. The first-order valence-electron chi connectivity index (χ1n) is 8.32. The third-order valence-electron chi connectivity index (χ3n) is 3.88. The molecule has 6 heteroatoms. The van der Waals surface area contributed by atoms with Crippen molar-refractivity contribution < 1.29 is 4.52 Å². The molecule has 1 aromatic carbocycles. The lowest BCUT2D eigenvalue weighted by Gasteiger charge is -2.05. The van der Waals surface area contributed by atoms with Crippen LogP contribution in [-0.4, -0.2) is 20.1 Å². The van der Waals surface area contributed by atoms with Gasteiger partial charge in [0.1, 0.15) is 5.82 Å². The smallest absolute Gasteiger partial charge is 0.259 e. The van der Waals surface area contributed by atoms with Crippen LogP contribution in [0.2, 0.25) is 0 Å². The molecule has 0 bridgehead atoms. The fourth-order valence-corrected chi connectivity index (χ4v) is 2.54. The fourth-order valence-electron chi connectivity index (χ4n) is 2.54. The van der Waals surface area contributed by atoms with Crippen LogP contribution in [0.15, 0.2) is 77.7 Å². The van der Waals surface area contributed by atoms with E-state index in [-0.39, 0.29) is 0 Å². The molecule has 6 nitrogen and oxygen atoms in total. The minimum Gasteiger partial charge on any atom is -0.366 e. The Labute approximate surface area is 151 Å². The molecule has 0 amide bonds. The predicted molar refractivity (Wildman–Crippen MR) is 98.3 cm³/mol. The summed E-state index contributed by atoms with van der Waals surface area (Å²) < 4.78 is 5.36. The molecule has 0 fully saturated rings. The number of nitrogens with one attached hydrogen (secondary N) is 1. The van der Waals surface area contributed by atoms with E-state index in [2.05, 4.69) is 25.4 Å². The number of rotatable bonds is 6. The van der Waals surface area contributed by atoms with Gasteiger partial charge in [0.15, 0.2) is 5.82 Å². The molecule has 4 aromatic rings. The van der Waals surface area contributed by atoms with Gasteiger partial charge in [-0.3, -0.25) is 4.98 Å². The molecular formula is C20H17N5O. The Balaban J connectivity index is 1.40. The van der Waals surface area contributed by atoms with Gasteiger partial charge in [-0.2, -0.15) is 4.98 Å². The van der Waals surface area contributed by atoms with E-state index in [9.17, 15) is 0 Å². The number of hydrogen-bond acceptors (Lipinski definition) is 6.